The molecule has 1 aromatic carbocycles. The second-order valence-electron chi connectivity index (χ2n) is 6.34. The molecule has 6 heteroatoms. The second kappa shape index (κ2) is 5.78. The lowest BCUT2D eigenvalue weighted by molar-refractivity contribution is -0.127. The third kappa shape index (κ3) is 2.58. The Morgan fingerprint density at radius 2 is 2.04 bits per heavy atom. The fourth-order valence-electron chi connectivity index (χ4n) is 3.01. The van der Waals surface area contributed by atoms with Crippen LogP contribution in [0.25, 0.3) is 11.5 Å². The molecule has 1 aliphatic carbocycles. The van der Waals surface area contributed by atoms with Gasteiger partial charge in [-0.3, -0.25) is 9.59 Å². The highest BCUT2D eigenvalue weighted by Gasteiger charge is 2.38. The summed E-state index contributed by atoms with van der Waals surface area (Å²) in [5, 5.41) is 2.77. The number of carbonyl (C=O) groups excluding carboxylic acids is 2. The van der Waals surface area contributed by atoms with Crippen LogP contribution in [0.2, 0.25) is 0 Å². The highest BCUT2D eigenvalue weighted by molar-refractivity contribution is 5.98. The molecule has 1 saturated carbocycles. The van der Waals surface area contributed by atoms with E-state index in [-0.39, 0.29) is 17.7 Å². The summed E-state index contributed by atoms with van der Waals surface area (Å²) < 4.78 is 5.94. The first kappa shape index (κ1) is 14.9. The van der Waals surface area contributed by atoms with E-state index in [1.807, 2.05) is 30.3 Å². The molecule has 1 N–H and O–H groups in total. The van der Waals surface area contributed by atoms with E-state index in [9.17, 15) is 9.59 Å². The van der Waals surface area contributed by atoms with Crippen LogP contribution in [0.3, 0.4) is 0 Å². The van der Waals surface area contributed by atoms with Gasteiger partial charge in [-0.1, -0.05) is 18.2 Å². The molecule has 1 saturated heterocycles. The SMILES string of the molecule is CC1C(=O)NCCN1C(=O)c1nc(-c2ccccc2)oc1C1CC1. The summed E-state index contributed by atoms with van der Waals surface area (Å²) in [4.78, 5) is 30.9. The fraction of sp³-hybridized carbons (Fsp3) is 0.389. The molecule has 1 unspecified atom stereocenters. The van der Waals surface area contributed by atoms with Crippen LogP contribution in [0.1, 0.15) is 41.9 Å². The van der Waals surface area contributed by atoms with Crippen molar-refractivity contribution in [2.45, 2.75) is 31.7 Å². The monoisotopic (exact) mass is 325 g/mol. The lowest BCUT2D eigenvalue weighted by Crippen LogP contribution is -2.56. The van der Waals surface area contributed by atoms with Gasteiger partial charge in [-0.15, -0.1) is 0 Å². The molecular weight excluding hydrogens is 306 g/mol. The van der Waals surface area contributed by atoms with E-state index in [0.717, 1.165) is 18.4 Å². The Kier molecular flexibility index (Phi) is 3.59. The minimum atomic E-state index is -0.491. The van der Waals surface area contributed by atoms with Gasteiger partial charge in [-0.05, 0) is 31.9 Å². The summed E-state index contributed by atoms with van der Waals surface area (Å²) >= 11 is 0. The van der Waals surface area contributed by atoms with Crippen LogP contribution in [0, 0.1) is 0 Å². The molecule has 2 aliphatic rings. The van der Waals surface area contributed by atoms with Crippen molar-refractivity contribution in [1.29, 1.82) is 0 Å². The Morgan fingerprint density at radius 1 is 1.29 bits per heavy atom. The molecule has 6 nitrogen and oxygen atoms in total. The van der Waals surface area contributed by atoms with Gasteiger partial charge in [0.1, 0.15) is 11.8 Å². The van der Waals surface area contributed by atoms with Gasteiger partial charge in [0.05, 0.1) is 0 Å². The average Bonchev–Trinajstić information content (AvgIpc) is 3.36. The fourth-order valence-corrected chi connectivity index (χ4v) is 3.01. The minimum Gasteiger partial charge on any atom is -0.440 e. The molecule has 0 bridgehead atoms. The predicted molar refractivity (Wildman–Crippen MR) is 87.4 cm³/mol. The van der Waals surface area contributed by atoms with Gasteiger partial charge >= 0.3 is 0 Å². The zero-order chi connectivity index (χ0) is 16.7. The maximum absolute atomic E-state index is 13.0. The summed E-state index contributed by atoms with van der Waals surface area (Å²) in [7, 11) is 0. The maximum Gasteiger partial charge on any atom is 0.276 e. The number of amides is 2. The predicted octanol–water partition coefficient (Wildman–Crippen LogP) is 2.18. The Morgan fingerprint density at radius 3 is 2.75 bits per heavy atom. The van der Waals surface area contributed by atoms with Crippen molar-refractivity contribution in [3.63, 3.8) is 0 Å². The first-order valence-electron chi connectivity index (χ1n) is 8.30. The number of oxazole rings is 1. The number of piperazine rings is 1. The average molecular weight is 325 g/mol. The summed E-state index contributed by atoms with van der Waals surface area (Å²) in [6.07, 6.45) is 2.03. The zero-order valence-electron chi connectivity index (χ0n) is 13.5. The van der Waals surface area contributed by atoms with Gasteiger partial charge in [-0.2, -0.15) is 0 Å². The van der Waals surface area contributed by atoms with Crippen LogP contribution >= 0.6 is 0 Å². The maximum atomic E-state index is 13.0. The topological polar surface area (TPSA) is 75.4 Å². The third-order valence-corrected chi connectivity index (χ3v) is 4.58. The van der Waals surface area contributed by atoms with Crippen LogP contribution in [-0.4, -0.2) is 40.8 Å². The molecule has 124 valence electrons. The lowest BCUT2D eigenvalue weighted by atomic mass is 10.1. The molecule has 0 spiro atoms. The van der Waals surface area contributed by atoms with E-state index in [2.05, 4.69) is 10.3 Å². The van der Waals surface area contributed by atoms with E-state index in [1.54, 1.807) is 11.8 Å². The molecule has 2 amide bonds. The standard InChI is InChI=1S/C18H19N3O3/c1-11-16(22)19-9-10-21(11)18(23)14-15(12-7-8-12)24-17(20-14)13-5-3-2-4-6-13/h2-6,11-12H,7-10H2,1H3,(H,19,22). The van der Waals surface area contributed by atoms with Crippen LogP contribution in [0.4, 0.5) is 0 Å². The van der Waals surface area contributed by atoms with E-state index < -0.39 is 6.04 Å². The normalized spacial score (nSPS) is 20.8. The van der Waals surface area contributed by atoms with E-state index >= 15 is 0 Å². The van der Waals surface area contributed by atoms with Gasteiger partial charge < -0.3 is 14.6 Å². The van der Waals surface area contributed by atoms with E-state index in [1.165, 1.54) is 0 Å². The van der Waals surface area contributed by atoms with Crippen LogP contribution in [0.15, 0.2) is 34.7 Å². The molecule has 2 fully saturated rings. The Balaban J connectivity index is 1.70. The molecule has 4 rings (SSSR count). The van der Waals surface area contributed by atoms with E-state index in [0.29, 0.717) is 30.4 Å². The first-order chi connectivity index (χ1) is 11.6. The number of rotatable bonds is 3. The van der Waals surface area contributed by atoms with E-state index in [4.69, 9.17) is 4.42 Å². The van der Waals surface area contributed by atoms with Crippen molar-refractivity contribution in [2.24, 2.45) is 0 Å². The van der Waals surface area contributed by atoms with Crippen molar-refractivity contribution in [2.75, 3.05) is 13.1 Å². The molecule has 2 heterocycles. The molecular formula is C18H19N3O3. The van der Waals surface area contributed by atoms with Gasteiger partial charge in [0.15, 0.2) is 5.69 Å². The van der Waals surface area contributed by atoms with Crippen molar-refractivity contribution in [3.05, 3.63) is 41.8 Å². The Hall–Kier alpha value is -2.63. The third-order valence-electron chi connectivity index (χ3n) is 4.58. The number of nitrogens with zero attached hydrogens (tertiary/aromatic N) is 2. The number of benzene rings is 1. The number of carbonyl (C=O) groups is 2. The molecule has 24 heavy (non-hydrogen) atoms. The lowest BCUT2D eigenvalue weighted by Gasteiger charge is -2.32. The second-order valence-corrected chi connectivity index (χ2v) is 6.34. The zero-order valence-corrected chi connectivity index (χ0v) is 13.5. The highest BCUT2D eigenvalue weighted by Crippen LogP contribution is 2.43. The van der Waals surface area contributed by atoms with Crippen molar-refractivity contribution in [1.82, 2.24) is 15.2 Å². The van der Waals surface area contributed by atoms with Crippen molar-refractivity contribution < 1.29 is 14.0 Å². The molecule has 1 aliphatic heterocycles. The Labute approximate surface area is 139 Å². The van der Waals surface area contributed by atoms with Crippen molar-refractivity contribution >= 4 is 11.8 Å². The van der Waals surface area contributed by atoms with Gasteiger partial charge in [0.2, 0.25) is 11.8 Å². The summed E-state index contributed by atoms with van der Waals surface area (Å²) in [6.45, 7) is 2.70. The van der Waals surface area contributed by atoms with Gasteiger partial charge in [0, 0.05) is 24.6 Å². The van der Waals surface area contributed by atoms with Gasteiger partial charge in [0.25, 0.3) is 5.91 Å². The minimum absolute atomic E-state index is 0.130. The number of nitrogens with one attached hydrogen (secondary N) is 1. The first-order valence-corrected chi connectivity index (χ1v) is 8.30. The molecule has 2 aromatic rings. The summed E-state index contributed by atoms with van der Waals surface area (Å²) in [5.74, 6) is 1.05. The smallest absolute Gasteiger partial charge is 0.276 e. The number of hydrogen-bond acceptors (Lipinski definition) is 4. The summed E-state index contributed by atoms with van der Waals surface area (Å²) in [5.41, 5.74) is 1.21. The van der Waals surface area contributed by atoms with Crippen molar-refractivity contribution in [3.8, 4) is 11.5 Å². The Bertz CT molecular complexity index is 780. The highest BCUT2D eigenvalue weighted by atomic mass is 16.4. The van der Waals surface area contributed by atoms with Gasteiger partial charge in [-0.25, -0.2) is 4.98 Å². The number of aromatic nitrogens is 1. The summed E-state index contributed by atoms with van der Waals surface area (Å²) in [6, 6.07) is 9.08. The molecule has 1 aromatic heterocycles. The van der Waals surface area contributed by atoms with Crippen LogP contribution in [0.5, 0.6) is 0 Å². The largest absolute Gasteiger partial charge is 0.440 e. The van der Waals surface area contributed by atoms with Crippen LogP contribution in [-0.2, 0) is 4.79 Å². The quantitative estimate of drug-likeness (QED) is 0.938. The molecule has 1 atom stereocenters. The number of hydrogen-bond donors (Lipinski definition) is 1. The molecule has 0 radical (unpaired) electrons. The van der Waals surface area contributed by atoms with Crippen LogP contribution < -0.4 is 5.32 Å².